The van der Waals surface area contributed by atoms with E-state index in [-0.39, 0.29) is 23.5 Å². The normalized spacial score (nSPS) is 19.3. The van der Waals surface area contributed by atoms with Crippen molar-refractivity contribution >= 4 is 39.5 Å². The first-order valence-electron chi connectivity index (χ1n) is 14.8. The highest BCUT2D eigenvalue weighted by molar-refractivity contribution is 9.10. The summed E-state index contributed by atoms with van der Waals surface area (Å²) in [6.45, 7) is 11.9. The molecule has 3 heterocycles. The zero-order valence-electron chi connectivity index (χ0n) is 25.5. The fraction of sp³-hybridized carbons (Fsp3) is 0.500. The molecule has 2 aliphatic rings. The van der Waals surface area contributed by atoms with Crippen molar-refractivity contribution in [2.24, 2.45) is 0 Å². The molecule has 2 aromatic heterocycles. The molecule has 11 heteroatoms. The summed E-state index contributed by atoms with van der Waals surface area (Å²) in [5, 5.41) is 6.92. The van der Waals surface area contributed by atoms with Crippen LogP contribution in [0.5, 0.6) is 0 Å². The Balaban J connectivity index is 1.43. The molecule has 2 atom stereocenters. The second-order valence-electron chi connectivity index (χ2n) is 13.2. The minimum atomic E-state index is -0.676. The lowest BCUT2D eigenvalue weighted by molar-refractivity contribution is -0.127. The van der Waals surface area contributed by atoms with E-state index in [1.54, 1.807) is 17.4 Å². The number of piperazine rings is 1. The fourth-order valence-electron chi connectivity index (χ4n) is 6.04. The van der Waals surface area contributed by atoms with Crippen LogP contribution in [0, 0.1) is 0 Å². The smallest absolute Gasteiger partial charge is 0.318 e. The molecule has 43 heavy (non-hydrogen) atoms. The van der Waals surface area contributed by atoms with E-state index >= 15 is 0 Å². The number of hydrogen-bond acceptors (Lipinski definition) is 5. The van der Waals surface area contributed by atoms with Crippen molar-refractivity contribution in [2.45, 2.75) is 77.0 Å². The van der Waals surface area contributed by atoms with Crippen molar-refractivity contribution in [1.82, 2.24) is 35.0 Å². The van der Waals surface area contributed by atoms with Gasteiger partial charge in [0.05, 0.1) is 18.1 Å². The number of halogens is 2. The molecule has 1 aromatic carbocycles. The second kappa shape index (κ2) is 12.6. The molecule has 1 fully saturated rings. The van der Waals surface area contributed by atoms with Gasteiger partial charge in [0, 0.05) is 65.3 Å². The number of fused-ring (bicyclic) bond motifs is 2. The third-order valence-electron chi connectivity index (χ3n) is 8.35. The van der Waals surface area contributed by atoms with Crippen LogP contribution in [0.3, 0.4) is 0 Å². The molecule has 3 amide bonds. The van der Waals surface area contributed by atoms with Gasteiger partial charge in [-0.3, -0.25) is 14.7 Å². The number of pyridine rings is 1. The van der Waals surface area contributed by atoms with E-state index in [0.29, 0.717) is 37.6 Å². The van der Waals surface area contributed by atoms with Gasteiger partial charge in [0.25, 0.3) is 0 Å². The van der Waals surface area contributed by atoms with Gasteiger partial charge in [0.2, 0.25) is 5.91 Å². The number of carbonyl (C=O) groups is 2. The van der Waals surface area contributed by atoms with E-state index in [1.165, 1.54) is 11.1 Å². The van der Waals surface area contributed by atoms with Gasteiger partial charge in [-0.15, -0.1) is 0 Å². The first-order chi connectivity index (χ1) is 20.3. The summed E-state index contributed by atoms with van der Waals surface area (Å²) in [4.78, 5) is 40.5. The summed E-state index contributed by atoms with van der Waals surface area (Å²) < 4.78 is 2.98. The predicted molar refractivity (Wildman–Crippen MR) is 172 cm³/mol. The molecule has 0 unspecified atom stereocenters. The molecule has 1 aliphatic heterocycles. The number of carbonyl (C=O) groups excluding carboxylic acids is 2. The van der Waals surface area contributed by atoms with Gasteiger partial charge in [0.1, 0.15) is 6.04 Å². The molecular formula is C32H41BrClN7O2. The molecule has 5 rings (SSSR count). The third-order valence-corrected chi connectivity index (χ3v) is 9.02. The number of benzene rings is 1. The summed E-state index contributed by atoms with van der Waals surface area (Å²) in [6, 6.07) is 7.13. The van der Waals surface area contributed by atoms with E-state index < -0.39 is 11.6 Å². The standard InChI is InChI=1S/C32H41BrClN7O2/c1-31(2,3)38-30(43)41-15-14-39(19-26(41)29(42)36-11-10-32(4,5)40-13-12-35-20-40)28-25-9-8-24(34)17-21(25)6-7-22-16-23(33)18-37-27(22)28/h8-9,12-13,16-18,20,26,28H,6-7,10-11,14-15,19H2,1-5H3,(H,36,42)(H,38,43)/t26-,28-/m1/s1. The third kappa shape index (κ3) is 7.24. The Hall–Kier alpha value is -2.95. The van der Waals surface area contributed by atoms with Crippen molar-refractivity contribution in [3.8, 4) is 0 Å². The second-order valence-corrected chi connectivity index (χ2v) is 14.5. The van der Waals surface area contributed by atoms with E-state index in [0.717, 1.165) is 28.6 Å². The Kier molecular flexibility index (Phi) is 9.20. The highest BCUT2D eigenvalue weighted by Crippen LogP contribution is 2.38. The van der Waals surface area contributed by atoms with Crippen LogP contribution in [-0.2, 0) is 23.2 Å². The number of aryl methyl sites for hydroxylation is 2. The maximum absolute atomic E-state index is 13.9. The largest absolute Gasteiger partial charge is 0.354 e. The number of rotatable bonds is 6. The molecule has 2 N–H and O–H groups in total. The summed E-state index contributed by atoms with van der Waals surface area (Å²) in [6.07, 6.45) is 9.73. The highest BCUT2D eigenvalue weighted by Gasteiger charge is 2.41. The summed E-state index contributed by atoms with van der Waals surface area (Å²) >= 11 is 10.0. The molecule has 0 bridgehead atoms. The molecule has 0 radical (unpaired) electrons. The van der Waals surface area contributed by atoms with E-state index in [4.69, 9.17) is 16.6 Å². The zero-order chi connectivity index (χ0) is 30.9. The number of amides is 3. The maximum atomic E-state index is 13.9. The topological polar surface area (TPSA) is 95.4 Å². The molecule has 0 saturated carbocycles. The quantitative estimate of drug-likeness (QED) is 0.371. The van der Waals surface area contributed by atoms with Gasteiger partial charge >= 0.3 is 6.03 Å². The van der Waals surface area contributed by atoms with E-state index in [1.807, 2.05) is 49.9 Å². The molecule has 3 aromatic rings. The maximum Gasteiger partial charge on any atom is 0.318 e. The Morgan fingerprint density at radius 3 is 2.58 bits per heavy atom. The fourth-order valence-corrected chi connectivity index (χ4v) is 6.61. The van der Waals surface area contributed by atoms with Crippen LogP contribution in [0.15, 0.2) is 53.7 Å². The lowest BCUT2D eigenvalue weighted by Gasteiger charge is -2.44. The molecule has 0 spiro atoms. The van der Waals surface area contributed by atoms with Crippen molar-refractivity contribution in [3.05, 3.63) is 81.1 Å². The van der Waals surface area contributed by atoms with Gasteiger partial charge in [-0.25, -0.2) is 9.78 Å². The van der Waals surface area contributed by atoms with Crippen LogP contribution in [0.2, 0.25) is 5.02 Å². The number of hydrogen-bond donors (Lipinski definition) is 2. The Labute approximate surface area is 267 Å². The van der Waals surface area contributed by atoms with E-state index in [9.17, 15) is 9.59 Å². The molecule has 9 nitrogen and oxygen atoms in total. The first-order valence-corrected chi connectivity index (χ1v) is 16.0. The SMILES string of the molecule is CC(C)(C)NC(=O)N1CCN([C@@H]2c3ccc(Cl)cc3CCc3cc(Br)cnc32)C[C@@H]1C(=O)NCCC(C)(C)n1ccnc1. The summed E-state index contributed by atoms with van der Waals surface area (Å²) in [5.41, 5.74) is 3.83. The Morgan fingerprint density at radius 2 is 1.86 bits per heavy atom. The zero-order valence-corrected chi connectivity index (χ0v) is 27.9. The van der Waals surface area contributed by atoms with Gasteiger partial charge in [0.15, 0.2) is 0 Å². The van der Waals surface area contributed by atoms with Crippen LogP contribution < -0.4 is 10.6 Å². The lowest BCUT2D eigenvalue weighted by Crippen LogP contribution is -2.64. The van der Waals surface area contributed by atoms with Gasteiger partial charge < -0.3 is 20.1 Å². The van der Waals surface area contributed by atoms with Crippen LogP contribution in [-0.4, -0.2) is 74.0 Å². The van der Waals surface area contributed by atoms with Gasteiger partial charge in [-0.1, -0.05) is 17.7 Å². The van der Waals surface area contributed by atoms with Crippen molar-refractivity contribution in [2.75, 3.05) is 26.2 Å². The summed E-state index contributed by atoms with van der Waals surface area (Å²) in [7, 11) is 0. The highest BCUT2D eigenvalue weighted by atomic mass is 79.9. The number of nitrogens with zero attached hydrogens (tertiary/aromatic N) is 5. The monoisotopic (exact) mass is 669 g/mol. The van der Waals surface area contributed by atoms with E-state index in [2.05, 4.69) is 62.4 Å². The average molecular weight is 671 g/mol. The van der Waals surface area contributed by atoms with Crippen LogP contribution >= 0.6 is 27.5 Å². The average Bonchev–Trinajstić information content (AvgIpc) is 3.44. The molecular weight excluding hydrogens is 630 g/mol. The van der Waals surface area contributed by atoms with Crippen LogP contribution in [0.4, 0.5) is 4.79 Å². The minimum absolute atomic E-state index is 0.163. The Morgan fingerprint density at radius 1 is 1.09 bits per heavy atom. The van der Waals surface area contributed by atoms with Crippen LogP contribution in [0.1, 0.15) is 69.5 Å². The number of aromatic nitrogens is 3. The molecule has 1 aliphatic carbocycles. The number of nitrogens with one attached hydrogen (secondary N) is 2. The first kappa shape index (κ1) is 31.5. The number of urea groups is 1. The molecule has 1 saturated heterocycles. The molecule has 230 valence electrons. The number of imidazole rings is 1. The van der Waals surface area contributed by atoms with Gasteiger partial charge in [-0.2, -0.15) is 0 Å². The van der Waals surface area contributed by atoms with Crippen molar-refractivity contribution in [3.63, 3.8) is 0 Å². The Bertz CT molecular complexity index is 1420. The minimum Gasteiger partial charge on any atom is -0.354 e. The lowest BCUT2D eigenvalue weighted by atomic mass is 9.95. The van der Waals surface area contributed by atoms with Crippen molar-refractivity contribution in [1.29, 1.82) is 0 Å². The predicted octanol–water partition coefficient (Wildman–Crippen LogP) is 5.32. The van der Waals surface area contributed by atoms with Gasteiger partial charge in [-0.05, 0) is 105 Å². The summed E-state index contributed by atoms with van der Waals surface area (Å²) in [5.74, 6) is -0.163. The van der Waals surface area contributed by atoms with Crippen LogP contribution in [0.25, 0.3) is 0 Å². The van der Waals surface area contributed by atoms with Crippen molar-refractivity contribution < 1.29 is 9.59 Å².